The highest BCUT2D eigenvalue weighted by atomic mass is 16.7. The Bertz CT molecular complexity index is 3770. The van der Waals surface area contributed by atoms with Crippen molar-refractivity contribution in [1.82, 2.24) is 13.7 Å². The third-order valence-corrected chi connectivity index (χ3v) is 17.6. The Morgan fingerprint density at radius 2 is 0.618 bits per heavy atom. The molecule has 0 unspecified atom stereocenters. The molecular formula is C64H72B3N3O6. The number of benzene rings is 7. The lowest BCUT2D eigenvalue weighted by atomic mass is 9.78. The third kappa shape index (κ3) is 8.89. The van der Waals surface area contributed by atoms with Gasteiger partial charge in [0.15, 0.2) is 0 Å². The van der Waals surface area contributed by atoms with Crippen LogP contribution in [-0.4, -0.2) is 68.7 Å². The zero-order valence-corrected chi connectivity index (χ0v) is 46.9. The smallest absolute Gasteiger partial charge is 0.399 e. The van der Waals surface area contributed by atoms with Gasteiger partial charge >= 0.3 is 21.4 Å². The van der Waals surface area contributed by atoms with Crippen LogP contribution in [0.5, 0.6) is 0 Å². The molecule has 0 N–H and O–H groups in total. The Balaban J connectivity index is 0.000000123. The largest absolute Gasteiger partial charge is 0.494 e. The van der Waals surface area contributed by atoms with Crippen LogP contribution in [0, 0.1) is 0 Å². The van der Waals surface area contributed by atoms with E-state index in [1.54, 1.807) is 0 Å². The summed E-state index contributed by atoms with van der Waals surface area (Å²) in [5.41, 5.74) is 10.1. The fourth-order valence-electron chi connectivity index (χ4n) is 11.0. The van der Waals surface area contributed by atoms with E-state index >= 15 is 0 Å². The number of aryl methyl sites for hydroxylation is 2. The first-order valence-electron chi connectivity index (χ1n) is 27.1. The van der Waals surface area contributed by atoms with Crippen LogP contribution < -0.4 is 16.4 Å². The van der Waals surface area contributed by atoms with E-state index in [0.717, 1.165) is 29.5 Å². The van der Waals surface area contributed by atoms with E-state index in [1.807, 2.05) is 0 Å². The summed E-state index contributed by atoms with van der Waals surface area (Å²) in [6, 6.07) is 55.9. The van der Waals surface area contributed by atoms with Crippen molar-refractivity contribution in [2.75, 3.05) is 0 Å². The molecular weight excluding hydrogens is 939 g/mol. The van der Waals surface area contributed by atoms with Gasteiger partial charge in [0, 0.05) is 85.6 Å². The Kier molecular flexibility index (Phi) is 12.9. The van der Waals surface area contributed by atoms with Gasteiger partial charge in [-0.2, -0.15) is 0 Å². The summed E-state index contributed by atoms with van der Waals surface area (Å²) in [5.74, 6) is 0. The van der Waals surface area contributed by atoms with E-state index in [1.165, 1.54) is 71.0 Å². The number of para-hydroxylation sites is 3. The Labute approximate surface area is 449 Å². The van der Waals surface area contributed by atoms with Gasteiger partial charge in [0.1, 0.15) is 0 Å². The molecule has 0 radical (unpaired) electrons. The van der Waals surface area contributed by atoms with Crippen molar-refractivity contribution >= 4 is 103 Å². The molecule has 3 saturated heterocycles. The van der Waals surface area contributed by atoms with Crippen molar-refractivity contribution in [2.45, 2.75) is 137 Å². The second-order valence-corrected chi connectivity index (χ2v) is 24.0. The van der Waals surface area contributed by atoms with Gasteiger partial charge in [0.05, 0.1) is 33.6 Å². The molecule has 76 heavy (non-hydrogen) atoms. The zero-order valence-electron chi connectivity index (χ0n) is 46.9. The van der Waals surface area contributed by atoms with E-state index in [0.29, 0.717) is 0 Å². The van der Waals surface area contributed by atoms with Crippen LogP contribution in [0.3, 0.4) is 0 Å². The van der Waals surface area contributed by atoms with Crippen LogP contribution in [0.15, 0.2) is 158 Å². The summed E-state index contributed by atoms with van der Waals surface area (Å²) in [5, 5.41) is 7.56. The van der Waals surface area contributed by atoms with Crippen LogP contribution >= 0.6 is 0 Å². The molecule has 3 fully saturated rings. The second-order valence-electron chi connectivity index (χ2n) is 24.0. The summed E-state index contributed by atoms with van der Waals surface area (Å²) in [6.45, 7) is 29.1. The average molecular weight is 1010 g/mol. The van der Waals surface area contributed by atoms with Crippen LogP contribution in [0.1, 0.15) is 95.6 Å². The maximum Gasteiger partial charge on any atom is 0.494 e. The van der Waals surface area contributed by atoms with Gasteiger partial charge in [0.25, 0.3) is 0 Å². The number of hydrogen-bond donors (Lipinski definition) is 0. The molecule has 388 valence electrons. The molecule has 9 nitrogen and oxygen atoms in total. The van der Waals surface area contributed by atoms with Gasteiger partial charge in [-0.3, -0.25) is 0 Å². The van der Waals surface area contributed by atoms with Gasteiger partial charge in [-0.25, -0.2) is 0 Å². The molecule has 13 rings (SSSR count). The molecule has 0 bridgehead atoms. The van der Waals surface area contributed by atoms with Gasteiger partial charge in [-0.1, -0.05) is 121 Å². The minimum Gasteiger partial charge on any atom is -0.399 e. The average Bonchev–Trinajstić information content (AvgIpc) is 4.15. The van der Waals surface area contributed by atoms with E-state index in [9.17, 15) is 0 Å². The molecule has 6 heterocycles. The predicted molar refractivity (Wildman–Crippen MR) is 318 cm³/mol. The van der Waals surface area contributed by atoms with Crippen molar-refractivity contribution in [3.05, 3.63) is 163 Å². The molecule has 0 saturated carbocycles. The normalized spacial score (nSPS) is 19.0. The van der Waals surface area contributed by atoms with Gasteiger partial charge in [0.2, 0.25) is 0 Å². The molecule has 7 aromatic carbocycles. The van der Waals surface area contributed by atoms with Crippen molar-refractivity contribution in [2.24, 2.45) is 7.05 Å². The first kappa shape index (κ1) is 52.0. The first-order chi connectivity index (χ1) is 36.0. The first-order valence-corrected chi connectivity index (χ1v) is 27.1. The molecule has 12 heteroatoms. The van der Waals surface area contributed by atoms with Crippen molar-refractivity contribution < 1.29 is 27.9 Å². The molecule has 3 aliphatic heterocycles. The van der Waals surface area contributed by atoms with E-state index < -0.39 is 0 Å². The molecule has 3 aromatic heterocycles. The van der Waals surface area contributed by atoms with Crippen molar-refractivity contribution in [3.8, 4) is 0 Å². The maximum atomic E-state index is 6.28. The fourth-order valence-corrected chi connectivity index (χ4v) is 11.0. The third-order valence-electron chi connectivity index (χ3n) is 17.6. The number of fused-ring (bicyclic) bond motifs is 9. The molecule has 3 aliphatic rings. The zero-order chi connectivity index (χ0) is 53.7. The summed E-state index contributed by atoms with van der Waals surface area (Å²) in [6.07, 6.45) is 0. The molecule has 0 spiro atoms. The SMILES string of the molecule is CC1(C)OB(c2ccc3c(c2)c2ccccc2n3Cc2ccccc2)OC1(C)C.CCn1c2ccccc2c2cc(B3OC(C)(C)C(C)(C)O3)ccc21.Cn1c2ccccc2c2cc(B3OC(C)(C)C(C)(C)O3)ccc21. The molecule has 10 aromatic rings. The predicted octanol–water partition coefficient (Wildman–Crippen LogP) is 12.9. The van der Waals surface area contributed by atoms with Crippen molar-refractivity contribution in [1.29, 1.82) is 0 Å². The summed E-state index contributed by atoms with van der Waals surface area (Å²) in [4.78, 5) is 0. The second kappa shape index (κ2) is 18.8. The summed E-state index contributed by atoms with van der Waals surface area (Å²) in [7, 11) is 1.13. The number of hydrogen-bond acceptors (Lipinski definition) is 6. The molecule has 0 amide bonds. The molecule has 0 aliphatic carbocycles. The van der Waals surface area contributed by atoms with Crippen LogP contribution in [0.25, 0.3) is 65.4 Å². The molecule has 0 atom stereocenters. The summed E-state index contributed by atoms with van der Waals surface area (Å²) < 4.78 is 44.4. The van der Waals surface area contributed by atoms with Gasteiger partial charge < -0.3 is 41.6 Å². The number of nitrogens with zero attached hydrogens (tertiary/aromatic N) is 3. The van der Waals surface area contributed by atoms with Gasteiger partial charge in [-0.05, 0) is 148 Å². The minimum atomic E-state index is -0.347. The van der Waals surface area contributed by atoms with E-state index in [-0.39, 0.29) is 55.0 Å². The number of aromatic nitrogens is 3. The van der Waals surface area contributed by atoms with E-state index in [4.69, 9.17) is 27.9 Å². The minimum absolute atomic E-state index is 0.314. The highest BCUT2D eigenvalue weighted by molar-refractivity contribution is 6.63. The highest BCUT2D eigenvalue weighted by Crippen LogP contribution is 2.40. The van der Waals surface area contributed by atoms with Crippen LogP contribution in [0.4, 0.5) is 0 Å². The lowest BCUT2D eigenvalue weighted by Gasteiger charge is -2.32. The number of rotatable bonds is 6. The standard InChI is InChI=1S/C25H26BNO2.C20H24BNO2.C19H22BNO2/c1-24(2)25(3,4)29-26(28-24)19-14-15-23-21(16-19)20-12-8-9-13-22(20)27(23)17-18-10-6-5-7-11-18;1-6-22-17-10-8-7-9-15(17)16-13-14(11-12-18(16)22)21-23-19(2,3)20(4,5)24-21;1-18(2)19(3,4)23-20(22-18)13-10-11-17-15(12-13)14-8-6-7-9-16(14)21(17)5/h5-16H,17H2,1-4H3;7-13H,6H2,1-5H3;6-12H,1-5H3. The Morgan fingerprint density at radius 3 is 1.03 bits per heavy atom. The quantitative estimate of drug-likeness (QED) is 0.155. The monoisotopic (exact) mass is 1010 g/mol. The summed E-state index contributed by atoms with van der Waals surface area (Å²) >= 11 is 0. The Hall–Kier alpha value is -6.11. The fraction of sp³-hybridized carbons (Fsp3) is 0.344. The van der Waals surface area contributed by atoms with Crippen molar-refractivity contribution in [3.63, 3.8) is 0 Å². The highest BCUT2D eigenvalue weighted by Gasteiger charge is 2.54. The van der Waals surface area contributed by atoms with Crippen LogP contribution in [0.2, 0.25) is 0 Å². The topological polar surface area (TPSA) is 70.2 Å². The maximum absolute atomic E-state index is 6.28. The van der Waals surface area contributed by atoms with Crippen LogP contribution in [-0.2, 0) is 48.1 Å². The lowest BCUT2D eigenvalue weighted by Crippen LogP contribution is -2.41. The Morgan fingerprint density at radius 1 is 0.329 bits per heavy atom. The van der Waals surface area contributed by atoms with Gasteiger partial charge in [-0.15, -0.1) is 0 Å². The van der Waals surface area contributed by atoms with E-state index in [2.05, 4.69) is 268 Å². The lowest BCUT2D eigenvalue weighted by molar-refractivity contribution is 0.00578.